The number of aliphatic hydroxyl groups is 1. The molecule has 0 unspecified atom stereocenters. The highest BCUT2D eigenvalue weighted by atomic mass is 16.5. The van der Waals surface area contributed by atoms with Crippen molar-refractivity contribution in [2.75, 3.05) is 20.3 Å². The van der Waals surface area contributed by atoms with Gasteiger partial charge in [-0.1, -0.05) is 43.2 Å². The first-order chi connectivity index (χ1) is 10.8. The fraction of sp³-hybridized carbons (Fsp3) is 0.474. The summed E-state index contributed by atoms with van der Waals surface area (Å²) in [4.78, 5) is 0. The van der Waals surface area contributed by atoms with Gasteiger partial charge in [-0.25, -0.2) is 0 Å². The van der Waals surface area contributed by atoms with Crippen molar-refractivity contribution in [3.8, 4) is 5.75 Å². The summed E-state index contributed by atoms with van der Waals surface area (Å²) in [5.41, 5.74) is 1.17. The second kappa shape index (κ2) is 7.12. The Kier molecular flexibility index (Phi) is 4.96. The molecule has 3 rings (SSSR count). The van der Waals surface area contributed by atoms with Gasteiger partial charge in [0.05, 0.1) is 12.7 Å². The lowest BCUT2D eigenvalue weighted by Crippen LogP contribution is -2.23. The second-order valence-corrected chi connectivity index (χ2v) is 6.00. The van der Waals surface area contributed by atoms with Crippen molar-refractivity contribution in [1.82, 2.24) is 0 Å². The molecule has 0 aliphatic heterocycles. The molecule has 3 nitrogen and oxygen atoms in total. The number of hydrogen-bond donors (Lipinski definition) is 1. The van der Waals surface area contributed by atoms with Crippen molar-refractivity contribution in [2.45, 2.75) is 37.7 Å². The van der Waals surface area contributed by atoms with E-state index in [-0.39, 0.29) is 12.0 Å². The lowest BCUT2D eigenvalue weighted by atomic mass is 9.79. The summed E-state index contributed by atoms with van der Waals surface area (Å²) in [5.74, 6) is 1.05. The van der Waals surface area contributed by atoms with Gasteiger partial charge >= 0.3 is 0 Å². The summed E-state index contributed by atoms with van der Waals surface area (Å²) >= 11 is 0. The van der Waals surface area contributed by atoms with Gasteiger partial charge in [0.25, 0.3) is 0 Å². The van der Waals surface area contributed by atoms with E-state index in [0.29, 0.717) is 13.2 Å². The van der Waals surface area contributed by atoms with Gasteiger partial charge in [0.2, 0.25) is 0 Å². The predicted molar refractivity (Wildman–Crippen MR) is 88.5 cm³/mol. The molecule has 0 aromatic heterocycles. The van der Waals surface area contributed by atoms with Gasteiger partial charge in [0.1, 0.15) is 12.4 Å². The van der Waals surface area contributed by atoms with Gasteiger partial charge in [-0.05, 0) is 29.7 Å². The van der Waals surface area contributed by atoms with E-state index in [1.54, 1.807) is 7.11 Å². The lowest BCUT2D eigenvalue weighted by molar-refractivity contribution is 0.103. The van der Waals surface area contributed by atoms with E-state index >= 15 is 0 Å². The molecular formula is C19H24O3. The highest BCUT2D eigenvalue weighted by Crippen LogP contribution is 2.41. The SMILES string of the molecule is COCCOc1ccc2ccccc2c1[C@H]1CCCC[C@H]1O. The minimum atomic E-state index is -0.274. The fourth-order valence-corrected chi connectivity index (χ4v) is 3.47. The van der Waals surface area contributed by atoms with Gasteiger partial charge in [-0.3, -0.25) is 0 Å². The highest BCUT2D eigenvalue weighted by Gasteiger charge is 2.28. The molecule has 0 saturated heterocycles. The zero-order chi connectivity index (χ0) is 15.4. The van der Waals surface area contributed by atoms with Crippen LogP contribution in [0, 0.1) is 0 Å². The van der Waals surface area contributed by atoms with Gasteiger partial charge in [-0.2, -0.15) is 0 Å². The molecule has 0 amide bonds. The predicted octanol–water partition coefficient (Wildman–Crippen LogP) is 3.88. The average molecular weight is 300 g/mol. The Morgan fingerprint density at radius 2 is 1.86 bits per heavy atom. The summed E-state index contributed by atoms with van der Waals surface area (Å²) in [6.07, 6.45) is 3.91. The van der Waals surface area contributed by atoms with Crippen LogP contribution in [0.3, 0.4) is 0 Å². The Morgan fingerprint density at radius 3 is 2.68 bits per heavy atom. The van der Waals surface area contributed by atoms with E-state index in [0.717, 1.165) is 25.0 Å². The van der Waals surface area contributed by atoms with Crippen LogP contribution in [0.4, 0.5) is 0 Å². The molecule has 0 spiro atoms. The van der Waals surface area contributed by atoms with E-state index in [9.17, 15) is 5.11 Å². The summed E-state index contributed by atoms with van der Waals surface area (Å²) in [6.45, 7) is 1.10. The molecule has 0 heterocycles. The van der Waals surface area contributed by atoms with Gasteiger partial charge < -0.3 is 14.6 Å². The van der Waals surface area contributed by atoms with Crippen LogP contribution in [0.2, 0.25) is 0 Å². The number of ether oxygens (including phenoxy) is 2. The Balaban J connectivity index is 2.03. The largest absolute Gasteiger partial charge is 0.491 e. The summed E-state index contributed by atoms with van der Waals surface area (Å²) < 4.78 is 11.0. The van der Waals surface area contributed by atoms with Crippen LogP contribution < -0.4 is 4.74 Å². The molecule has 22 heavy (non-hydrogen) atoms. The Hall–Kier alpha value is -1.58. The minimum absolute atomic E-state index is 0.164. The molecule has 3 heteroatoms. The Bertz CT molecular complexity index is 623. The molecule has 1 N–H and O–H groups in total. The first kappa shape index (κ1) is 15.3. The first-order valence-electron chi connectivity index (χ1n) is 8.12. The van der Waals surface area contributed by atoms with Crippen LogP contribution in [0.5, 0.6) is 5.75 Å². The third-order valence-corrected chi connectivity index (χ3v) is 4.58. The van der Waals surface area contributed by atoms with Crippen molar-refractivity contribution in [1.29, 1.82) is 0 Å². The topological polar surface area (TPSA) is 38.7 Å². The molecule has 1 aliphatic rings. The average Bonchev–Trinajstić information content (AvgIpc) is 2.56. The number of hydrogen-bond acceptors (Lipinski definition) is 3. The number of rotatable bonds is 5. The van der Waals surface area contributed by atoms with Crippen molar-refractivity contribution in [3.05, 3.63) is 42.0 Å². The molecule has 2 aromatic rings. The maximum Gasteiger partial charge on any atom is 0.123 e. The number of benzene rings is 2. The quantitative estimate of drug-likeness (QED) is 0.852. The van der Waals surface area contributed by atoms with Crippen LogP contribution in [0.1, 0.15) is 37.2 Å². The first-order valence-corrected chi connectivity index (χ1v) is 8.12. The summed E-state index contributed by atoms with van der Waals surface area (Å²) in [6, 6.07) is 12.5. The van der Waals surface area contributed by atoms with Crippen LogP contribution >= 0.6 is 0 Å². The maximum absolute atomic E-state index is 10.5. The molecule has 2 aromatic carbocycles. The summed E-state index contributed by atoms with van der Waals surface area (Å²) in [5, 5.41) is 12.9. The molecule has 0 bridgehead atoms. The third kappa shape index (κ3) is 3.11. The zero-order valence-corrected chi connectivity index (χ0v) is 13.1. The Morgan fingerprint density at radius 1 is 1.05 bits per heavy atom. The van der Waals surface area contributed by atoms with E-state index in [4.69, 9.17) is 9.47 Å². The van der Waals surface area contributed by atoms with E-state index in [1.165, 1.54) is 22.8 Å². The third-order valence-electron chi connectivity index (χ3n) is 4.58. The number of methoxy groups -OCH3 is 1. The second-order valence-electron chi connectivity index (χ2n) is 6.00. The van der Waals surface area contributed by atoms with Gasteiger partial charge in [0, 0.05) is 18.6 Å². The maximum atomic E-state index is 10.5. The van der Waals surface area contributed by atoms with Crippen LogP contribution in [-0.2, 0) is 4.74 Å². The molecule has 1 saturated carbocycles. The molecular weight excluding hydrogens is 276 g/mol. The minimum Gasteiger partial charge on any atom is -0.491 e. The molecule has 0 radical (unpaired) electrons. The number of fused-ring (bicyclic) bond motifs is 1. The smallest absolute Gasteiger partial charge is 0.123 e. The van der Waals surface area contributed by atoms with Gasteiger partial charge in [0.15, 0.2) is 0 Å². The van der Waals surface area contributed by atoms with Gasteiger partial charge in [-0.15, -0.1) is 0 Å². The van der Waals surface area contributed by atoms with E-state index in [1.807, 2.05) is 6.07 Å². The van der Waals surface area contributed by atoms with Crippen molar-refractivity contribution in [3.63, 3.8) is 0 Å². The van der Waals surface area contributed by atoms with Crippen LogP contribution in [0.25, 0.3) is 10.8 Å². The molecule has 1 fully saturated rings. The van der Waals surface area contributed by atoms with E-state index in [2.05, 4.69) is 30.3 Å². The fourth-order valence-electron chi connectivity index (χ4n) is 3.47. The number of aliphatic hydroxyl groups excluding tert-OH is 1. The summed E-state index contributed by atoms with van der Waals surface area (Å²) in [7, 11) is 1.68. The normalized spacial score (nSPS) is 21.9. The van der Waals surface area contributed by atoms with Crippen molar-refractivity contribution >= 4 is 10.8 Å². The zero-order valence-electron chi connectivity index (χ0n) is 13.1. The van der Waals surface area contributed by atoms with Crippen LogP contribution in [-0.4, -0.2) is 31.5 Å². The molecule has 1 aliphatic carbocycles. The standard InChI is InChI=1S/C19H24O3/c1-21-12-13-22-18-11-10-14-6-2-3-7-15(14)19(18)16-8-4-5-9-17(16)20/h2-3,6-7,10-11,16-17,20H,4-5,8-9,12-13H2,1H3/t16-,17+/m0/s1. The van der Waals surface area contributed by atoms with E-state index < -0.39 is 0 Å². The van der Waals surface area contributed by atoms with Crippen LogP contribution in [0.15, 0.2) is 36.4 Å². The Labute approximate surface area is 131 Å². The van der Waals surface area contributed by atoms with Crippen molar-refractivity contribution in [2.24, 2.45) is 0 Å². The van der Waals surface area contributed by atoms with Crippen molar-refractivity contribution < 1.29 is 14.6 Å². The molecule has 118 valence electrons. The lowest BCUT2D eigenvalue weighted by Gasteiger charge is -2.30. The highest BCUT2D eigenvalue weighted by molar-refractivity contribution is 5.88. The monoisotopic (exact) mass is 300 g/mol. The molecule has 2 atom stereocenters.